The summed E-state index contributed by atoms with van der Waals surface area (Å²) in [6.07, 6.45) is 1.90. The first-order valence-electron chi connectivity index (χ1n) is 12.7. The molecule has 212 valence electrons. The minimum absolute atomic E-state index is 0.0831. The standard InChI is InChI=1S/C29H27F3N6O2S/c1-17-9-10-33-24(15-38-11-5-7-23(28(38)39)29(30,31)32)22(17)16-40-25-8-4-6-20-21(12-18(2)36-27(20)25)26-19(13-34-37-26)14-35-41-3/h4-13,35H,14-16H2,1-3H3,(H,34,37). The van der Waals surface area contributed by atoms with Crippen LogP contribution >= 0.6 is 11.9 Å². The van der Waals surface area contributed by atoms with Gasteiger partial charge in [0.1, 0.15) is 23.4 Å². The highest BCUT2D eigenvalue weighted by molar-refractivity contribution is 7.96. The van der Waals surface area contributed by atoms with E-state index in [2.05, 4.69) is 19.9 Å². The Morgan fingerprint density at radius 1 is 1.15 bits per heavy atom. The summed E-state index contributed by atoms with van der Waals surface area (Å²) in [5, 5.41) is 8.23. The summed E-state index contributed by atoms with van der Waals surface area (Å²) in [7, 11) is 0. The number of rotatable bonds is 9. The maximum atomic E-state index is 13.3. The number of hydrogen-bond donors (Lipinski definition) is 2. The third kappa shape index (κ3) is 5.98. The van der Waals surface area contributed by atoms with Crippen molar-refractivity contribution < 1.29 is 17.9 Å². The summed E-state index contributed by atoms with van der Waals surface area (Å²) in [5.74, 6) is 0.543. The van der Waals surface area contributed by atoms with Crippen molar-refractivity contribution in [2.24, 2.45) is 0 Å². The van der Waals surface area contributed by atoms with Gasteiger partial charge in [-0.15, -0.1) is 0 Å². The van der Waals surface area contributed by atoms with E-state index in [-0.39, 0.29) is 13.2 Å². The van der Waals surface area contributed by atoms with E-state index in [0.717, 1.165) is 44.1 Å². The second kappa shape index (κ2) is 11.8. The van der Waals surface area contributed by atoms with Crippen LogP contribution in [-0.2, 0) is 25.9 Å². The van der Waals surface area contributed by atoms with Gasteiger partial charge in [0, 0.05) is 46.7 Å². The van der Waals surface area contributed by atoms with E-state index >= 15 is 0 Å². The van der Waals surface area contributed by atoms with Gasteiger partial charge in [0.25, 0.3) is 5.56 Å². The number of pyridine rings is 3. The van der Waals surface area contributed by atoms with Crippen molar-refractivity contribution in [3.63, 3.8) is 0 Å². The monoisotopic (exact) mass is 580 g/mol. The SMILES string of the molecule is CSNCc1cn[nH]c1-c1cc(C)nc2c(OCc3c(C)ccnc3Cn3cccc(C(F)(F)F)c3=O)cccc12. The molecule has 1 aromatic carbocycles. The first-order chi connectivity index (χ1) is 19.7. The van der Waals surface area contributed by atoms with E-state index < -0.39 is 17.3 Å². The van der Waals surface area contributed by atoms with Gasteiger partial charge in [-0.25, -0.2) is 4.98 Å². The summed E-state index contributed by atoms with van der Waals surface area (Å²) < 4.78 is 50.5. The van der Waals surface area contributed by atoms with E-state index in [9.17, 15) is 18.0 Å². The van der Waals surface area contributed by atoms with E-state index in [4.69, 9.17) is 9.72 Å². The van der Waals surface area contributed by atoms with Crippen molar-refractivity contribution in [3.05, 3.63) is 105 Å². The van der Waals surface area contributed by atoms with Crippen molar-refractivity contribution >= 4 is 22.9 Å². The molecule has 0 amide bonds. The first kappa shape index (κ1) is 28.4. The molecule has 0 aliphatic heterocycles. The number of nitrogens with one attached hydrogen (secondary N) is 2. The number of fused-ring (bicyclic) bond motifs is 1. The molecule has 0 aliphatic rings. The van der Waals surface area contributed by atoms with Crippen LogP contribution in [-0.4, -0.2) is 31.0 Å². The smallest absolute Gasteiger partial charge is 0.421 e. The van der Waals surface area contributed by atoms with Gasteiger partial charge in [-0.1, -0.05) is 24.1 Å². The van der Waals surface area contributed by atoms with Crippen LogP contribution in [0.4, 0.5) is 13.2 Å². The molecule has 0 atom stereocenters. The average Bonchev–Trinajstić information content (AvgIpc) is 3.40. The van der Waals surface area contributed by atoms with Gasteiger partial charge < -0.3 is 9.30 Å². The molecule has 0 spiro atoms. The molecule has 4 heterocycles. The Balaban J connectivity index is 1.48. The number of nitrogens with zero attached hydrogens (tertiary/aromatic N) is 4. The zero-order valence-corrected chi connectivity index (χ0v) is 23.4. The van der Waals surface area contributed by atoms with E-state index in [0.29, 0.717) is 29.1 Å². The van der Waals surface area contributed by atoms with Crippen LogP contribution in [0.15, 0.2) is 65.8 Å². The van der Waals surface area contributed by atoms with E-state index in [1.807, 2.05) is 44.4 Å². The highest BCUT2D eigenvalue weighted by Crippen LogP contribution is 2.34. The van der Waals surface area contributed by atoms with Crippen molar-refractivity contribution in [2.75, 3.05) is 6.26 Å². The topological polar surface area (TPSA) is 97.7 Å². The zero-order chi connectivity index (χ0) is 29.1. The Kier molecular flexibility index (Phi) is 8.13. The molecule has 2 N–H and O–H groups in total. The molecule has 0 saturated heterocycles. The van der Waals surface area contributed by atoms with Gasteiger partial charge in [-0.05, 0) is 56.0 Å². The number of para-hydroxylation sites is 1. The summed E-state index contributed by atoms with van der Waals surface area (Å²) in [6.45, 7) is 4.35. The highest BCUT2D eigenvalue weighted by Gasteiger charge is 2.34. The van der Waals surface area contributed by atoms with Crippen LogP contribution < -0.4 is 15.0 Å². The van der Waals surface area contributed by atoms with Crippen LogP contribution in [0.25, 0.3) is 22.2 Å². The Morgan fingerprint density at radius 3 is 2.76 bits per heavy atom. The second-order valence-corrected chi connectivity index (χ2v) is 10.2. The molecule has 12 heteroatoms. The van der Waals surface area contributed by atoms with Crippen LogP contribution in [0.5, 0.6) is 5.75 Å². The molecule has 0 fully saturated rings. The lowest BCUT2D eigenvalue weighted by atomic mass is 10.0. The summed E-state index contributed by atoms with van der Waals surface area (Å²) in [6, 6.07) is 11.5. The van der Waals surface area contributed by atoms with Crippen LogP contribution in [0.3, 0.4) is 0 Å². The quantitative estimate of drug-likeness (QED) is 0.212. The second-order valence-electron chi connectivity index (χ2n) is 9.45. The molecule has 0 bridgehead atoms. The Hall–Kier alpha value is -4.16. The number of benzene rings is 1. The molecular formula is C29H27F3N6O2S. The van der Waals surface area contributed by atoms with E-state index in [1.165, 1.54) is 24.2 Å². The molecule has 5 rings (SSSR count). The molecule has 0 radical (unpaired) electrons. The fraction of sp³-hybridized carbons (Fsp3) is 0.241. The highest BCUT2D eigenvalue weighted by atomic mass is 32.2. The number of alkyl halides is 3. The first-order valence-corrected chi connectivity index (χ1v) is 13.9. The lowest BCUT2D eigenvalue weighted by Crippen LogP contribution is -2.29. The van der Waals surface area contributed by atoms with Gasteiger partial charge in [0.2, 0.25) is 0 Å². The third-order valence-electron chi connectivity index (χ3n) is 6.72. The van der Waals surface area contributed by atoms with Gasteiger partial charge >= 0.3 is 6.18 Å². The third-order valence-corrected chi connectivity index (χ3v) is 7.15. The Bertz CT molecular complexity index is 1770. The van der Waals surface area contributed by atoms with Crippen molar-refractivity contribution in [1.29, 1.82) is 0 Å². The van der Waals surface area contributed by atoms with Gasteiger partial charge in [-0.2, -0.15) is 18.3 Å². The largest absolute Gasteiger partial charge is 0.487 e. The number of hydrogen-bond acceptors (Lipinski definition) is 7. The fourth-order valence-electron chi connectivity index (χ4n) is 4.67. The number of halogens is 3. The van der Waals surface area contributed by atoms with Gasteiger partial charge in [0.15, 0.2) is 0 Å². The Labute approximate surface area is 238 Å². The molecule has 8 nitrogen and oxygen atoms in total. The number of aromatic amines is 1. The molecule has 0 saturated carbocycles. The zero-order valence-electron chi connectivity index (χ0n) is 22.5. The minimum Gasteiger partial charge on any atom is -0.487 e. The number of H-pyrrole nitrogens is 1. The van der Waals surface area contributed by atoms with Crippen LogP contribution in [0.2, 0.25) is 0 Å². The normalized spacial score (nSPS) is 11.8. The minimum atomic E-state index is -4.74. The summed E-state index contributed by atoms with van der Waals surface area (Å²) in [5.41, 5.74) is 3.92. The molecule has 5 aromatic rings. The van der Waals surface area contributed by atoms with Crippen molar-refractivity contribution in [1.82, 2.24) is 29.5 Å². The summed E-state index contributed by atoms with van der Waals surface area (Å²) in [4.78, 5) is 21.7. The van der Waals surface area contributed by atoms with Crippen molar-refractivity contribution in [3.8, 4) is 17.0 Å². The molecular weight excluding hydrogens is 553 g/mol. The molecule has 0 aliphatic carbocycles. The number of aromatic nitrogens is 5. The molecule has 41 heavy (non-hydrogen) atoms. The van der Waals surface area contributed by atoms with Gasteiger partial charge in [-0.3, -0.25) is 19.6 Å². The fourth-order valence-corrected chi connectivity index (χ4v) is 4.97. The lowest BCUT2D eigenvalue weighted by molar-refractivity contribution is -0.138. The predicted octanol–water partition coefficient (Wildman–Crippen LogP) is 5.81. The van der Waals surface area contributed by atoms with Crippen molar-refractivity contribution in [2.45, 2.75) is 39.7 Å². The maximum absolute atomic E-state index is 13.3. The van der Waals surface area contributed by atoms with Gasteiger partial charge in [0.05, 0.1) is 24.1 Å². The number of ether oxygens (including phenoxy) is 1. The predicted molar refractivity (Wildman–Crippen MR) is 153 cm³/mol. The Morgan fingerprint density at radius 2 is 1.98 bits per heavy atom. The molecule has 0 unspecified atom stereocenters. The van der Waals surface area contributed by atoms with Crippen LogP contribution in [0.1, 0.15) is 33.6 Å². The van der Waals surface area contributed by atoms with Crippen LogP contribution in [0, 0.1) is 13.8 Å². The number of aryl methyl sites for hydroxylation is 2. The average molecular weight is 581 g/mol. The molecule has 4 aromatic heterocycles. The summed E-state index contributed by atoms with van der Waals surface area (Å²) >= 11 is 1.52. The lowest BCUT2D eigenvalue weighted by Gasteiger charge is -2.16. The van der Waals surface area contributed by atoms with E-state index in [1.54, 1.807) is 18.5 Å². The maximum Gasteiger partial charge on any atom is 0.421 e.